The van der Waals surface area contributed by atoms with E-state index in [2.05, 4.69) is 29.8 Å². The first-order valence-electron chi connectivity index (χ1n) is 13.3. The van der Waals surface area contributed by atoms with Crippen LogP contribution in [0.2, 0.25) is 25.7 Å². The van der Waals surface area contributed by atoms with Gasteiger partial charge in [0.25, 0.3) is 5.56 Å². The number of aromatic amines is 1. The number of hydrogen-bond donors (Lipinski definition) is 2. The maximum absolute atomic E-state index is 13.2. The Labute approximate surface area is 231 Å². The highest BCUT2D eigenvalue weighted by Gasteiger charge is 2.28. The fourth-order valence-corrected chi connectivity index (χ4v) is 5.39. The number of hydrogen-bond acceptors (Lipinski definition) is 6. The highest BCUT2D eigenvalue weighted by molar-refractivity contribution is 6.76. The normalized spacial score (nSPS) is 13.8. The Balaban J connectivity index is 1.67. The van der Waals surface area contributed by atoms with Crippen molar-refractivity contribution in [2.75, 3.05) is 6.61 Å². The van der Waals surface area contributed by atoms with E-state index in [0.29, 0.717) is 40.8 Å². The Morgan fingerprint density at radius 2 is 1.95 bits per heavy atom. The van der Waals surface area contributed by atoms with Gasteiger partial charge in [0.05, 0.1) is 28.9 Å². The maximum atomic E-state index is 13.2. The quantitative estimate of drug-likeness (QED) is 0.157. The molecule has 0 aliphatic heterocycles. The van der Waals surface area contributed by atoms with E-state index < -0.39 is 14.7 Å². The molecule has 0 atom stereocenters. The number of nitrogens with zero attached hydrogens (tertiary/aromatic N) is 2. The molecule has 1 saturated carbocycles. The third-order valence-corrected chi connectivity index (χ3v) is 8.45. The Hall–Kier alpha value is -3.70. The molecule has 0 bridgehead atoms. The number of aromatic nitrogens is 3. The van der Waals surface area contributed by atoms with Crippen molar-refractivity contribution < 1.29 is 28.1 Å². The van der Waals surface area contributed by atoms with Crippen LogP contribution in [0.25, 0.3) is 22.2 Å². The van der Waals surface area contributed by atoms with E-state index in [-0.39, 0.29) is 35.6 Å². The van der Waals surface area contributed by atoms with E-state index in [1.807, 2.05) is 10.6 Å². The van der Waals surface area contributed by atoms with Crippen LogP contribution in [0.5, 0.6) is 17.2 Å². The van der Waals surface area contributed by atoms with Crippen molar-refractivity contribution in [3.8, 4) is 28.5 Å². The van der Waals surface area contributed by atoms with Gasteiger partial charge in [0.2, 0.25) is 0 Å². The fraction of sp³-hybridized carbons (Fsp3) is 0.379. The summed E-state index contributed by atoms with van der Waals surface area (Å²) in [5, 5.41) is 17.1. The minimum atomic E-state index is -3.00. The van der Waals surface area contributed by atoms with Crippen molar-refractivity contribution in [1.82, 2.24) is 14.8 Å². The number of ether oxygens (including phenoxy) is 3. The molecule has 1 aliphatic carbocycles. The molecule has 4 aromatic rings. The zero-order valence-corrected chi connectivity index (χ0v) is 23.7. The van der Waals surface area contributed by atoms with Crippen LogP contribution in [-0.2, 0) is 17.9 Å². The molecule has 1 fully saturated rings. The molecular weight excluding hydrogens is 536 g/mol. The van der Waals surface area contributed by atoms with Crippen molar-refractivity contribution in [1.29, 1.82) is 0 Å². The molecule has 5 rings (SSSR count). The minimum absolute atomic E-state index is 0.0475. The van der Waals surface area contributed by atoms with Crippen LogP contribution >= 0.6 is 0 Å². The summed E-state index contributed by atoms with van der Waals surface area (Å²) in [6, 6.07) is 12.6. The third kappa shape index (κ3) is 6.53. The van der Waals surface area contributed by atoms with Gasteiger partial charge in [0, 0.05) is 26.7 Å². The van der Waals surface area contributed by atoms with Crippen LogP contribution in [0.4, 0.5) is 8.78 Å². The smallest absolute Gasteiger partial charge is 0.387 e. The van der Waals surface area contributed by atoms with Gasteiger partial charge in [0.1, 0.15) is 12.5 Å². The molecule has 0 radical (unpaired) electrons. The van der Waals surface area contributed by atoms with E-state index in [1.165, 1.54) is 6.07 Å². The fourth-order valence-electron chi connectivity index (χ4n) is 4.63. The number of aromatic hydroxyl groups is 1. The summed E-state index contributed by atoms with van der Waals surface area (Å²) in [7, 11) is -1.34. The lowest BCUT2D eigenvalue weighted by molar-refractivity contribution is -0.0516. The number of fused-ring (bicyclic) bond motifs is 1. The third-order valence-electron chi connectivity index (χ3n) is 6.74. The highest BCUT2D eigenvalue weighted by Crippen LogP contribution is 2.41. The van der Waals surface area contributed by atoms with Gasteiger partial charge in [-0.2, -0.15) is 13.9 Å². The van der Waals surface area contributed by atoms with Crippen LogP contribution in [-0.4, -0.2) is 47.3 Å². The van der Waals surface area contributed by atoms with Crippen LogP contribution in [0, 0.1) is 0 Å². The summed E-state index contributed by atoms with van der Waals surface area (Å²) in [6.45, 7) is 4.54. The van der Waals surface area contributed by atoms with Crippen LogP contribution in [0.1, 0.15) is 24.0 Å². The van der Waals surface area contributed by atoms with E-state index in [0.717, 1.165) is 24.4 Å². The Kier molecular flexibility index (Phi) is 7.95. The lowest BCUT2D eigenvalue weighted by atomic mass is 9.98. The maximum Gasteiger partial charge on any atom is 0.387 e. The lowest BCUT2D eigenvalue weighted by Gasteiger charge is -2.18. The predicted octanol–water partition coefficient (Wildman–Crippen LogP) is 6.14. The standard InChI is InChI=1S/C29H33F2N3O5Si/c1-40(2,3)12-11-37-17-34-23-16-32-33-28(36)26(23)22(14-18-5-4-6-20(35)13-18)27(34)19-7-10-24(39-29(30)31)25(15-19)38-21-8-9-21/h4-7,10,13,15-16,21,29,35H,8-9,11-12,14,17H2,1-3H3,(H,33,36). The van der Waals surface area contributed by atoms with E-state index in [1.54, 1.807) is 36.5 Å². The zero-order valence-electron chi connectivity index (χ0n) is 22.7. The Morgan fingerprint density at radius 1 is 1.15 bits per heavy atom. The van der Waals surface area contributed by atoms with Crippen LogP contribution < -0.4 is 15.0 Å². The number of H-pyrrole nitrogens is 1. The molecule has 0 unspecified atom stereocenters. The van der Waals surface area contributed by atoms with Crippen molar-refractivity contribution in [3.63, 3.8) is 0 Å². The van der Waals surface area contributed by atoms with Crippen molar-refractivity contribution >= 4 is 19.0 Å². The molecule has 0 spiro atoms. The average molecular weight is 570 g/mol. The summed E-state index contributed by atoms with van der Waals surface area (Å²) in [5.41, 5.74) is 3.04. The summed E-state index contributed by atoms with van der Waals surface area (Å²) in [6.07, 6.45) is 3.54. The molecule has 8 nitrogen and oxygen atoms in total. The monoisotopic (exact) mass is 569 g/mol. The Bertz CT molecular complexity index is 1560. The second-order valence-corrected chi connectivity index (χ2v) is 16.9. The molecule has 212 valence electrons. The van der Waals surface area contributed by atoms with E-state index >= 15 is 0 Å². The number of nitrogens with one attached hydrogen (secondary N) is 1. The van der Waals surface area contributed by atoms with Crippen LogP contribution in [0.3, 0.4) is 0 Å². The average Bonchev–Trinajstić information content (AvgIpc) is 3.64. The molecule has 2 heterocycles. The van der Waals surface area contributed by atoms with Gasteiger partial charge in [-0.05, 0) is 60.3 Å². The number of rotatable bonds is 12. The van der Waals surface area contributed by atoms with Gasteiger partial charge >= 0.3 is 6.61 Å². The number of phenols is 1. The first-order chi connectivity index (χ1) is 19.1. The molecule has 40 heavy (non-hydrogen) atoms. The van der Waals surface area contributed by atoms with E-state index in [4.69, 9.17) is 14.2 Å². The minimum Gasteiger partial charge on any atom is -0.508 e. The highest BCUT2D eigenvalue weighted by atomic mass is 28.3. The topological polar surface area (TPSA) is 98.6 Å². The van der Waals surface area contributed by atoms with Gasteiger partial charge in [-0.25, -0.2) is 5.10 Å². The van der Waals surface area contributed by atoms with Gasteiger partial charge < -0.3 is 23.9 Å². The zero-order chi connectivity index (χ0) is 28.4. The SMILES string of the molecule is C[Si](C)(C)CCOCn1c(-c2ccc(OC(F)F)c(OC3CC3)c2)c(Cc2cccc(O)c2)c2c(=O)[nH]ncc21. The second kappa shape index (κ2) is 11.4. The molecule has 2 aromatic carbocycles. The Morgan fingerprint density at radius 3 is 2.65 bits per heavy atom. The molecule has 0 amide bonds. The number of phenolic OH excluding ortho intramolecular Hbond substituents is 1. The van der Waals surface area contributed by atoms with Crippen LogP contribution in [0.15, 0.2) is 53.5 Å². The largest absolute Gasteiger partial charge is 0.508 e. The van der Waals surface area contributed by atoms with Gasteiger partial charge in [-0.15, -0.1) is 0 Å². The number of halogens is 2. The molecular formula is C29H33F2N3O5Si. The molecule has 0 saturated heterocycles. The first-order valence-corrected chi connectivity index (χ1v) is 17.0. The second-order valence-electron chi connectivity index (χ2n) is 11.3. The molecule has 11 heteroatoms. The lowest BCUT2D eigenvalue weighted by Crippen LogP contribution is -2.22. The van der Waals surface area contributed by atoms with Crippen molar-refractivity contribution in [3.05, 3.63) is 70.1 Å². The number of benzene rings is 2. The summed E-state index contributed by atoms with van der Waals surface area (Å²) in [5.74, 6) is 0.280. The first kappa shape index (κ1) is 27.8. The molecule has 2 N–H and O–H groups in total. The summed E-state index contributed by atoms with van der Waals surface area (Å²) < 4.78 is 45.0. The molecule has 2 aromatic heterocycles. The molecule has 1 aliphatic rings. The summed E-state index contributed by atoms with van der Waals surface area (Å²) in [4.78, 5) is 13.2. The van der Waals surface area contributed by atoms with Gasteiger partial charge in [0.15, 0.2) is 11.5 Å². The van der Waals surface area contributed by atoms with Crippen molar-refractivity contribution in [2.24, 2.45) is 0 Å². The number of alkyl halides is 2. The van der Waals surface area contributed by atoms with Gasteiger partial charge in [-0.1, -0.05) is 31.8 Å². The van der Waals surface area contributed by atoms with Gasteiger partial charge in [-0.3, -0.25) is 4.79 Å². The van der Waals surface area contributed by atoms with E-state index in [9.17, 15) is 18.7 Å². The van der Waals surface area contributed by atoms with Crippen molar-refractivity contribution in [2.45, 2.75) is 64.4 Å². The summed E-state index contributed by atoms with van der Waals surface area (Å²) >= 11 is 0. The predicted molar refractivity (Wildman–Crippen MR) is 151 cm³/mol.